The van der Waals surface area contributed by atoms with Gasteiger partial charge in [-0.3, -0.25) is 15.1 Å². The summed E-state index contributed by atoms with van der Waals surface area (Å²) in [6, 6.07) is 31.1. The van der Waals surface area contributed by atoms with Crippen molar-refractivity contribution in [3.8, 4) is 0 Å². The minimum absolute atomic E-state index is 0.0813. The number of hydrogen-bond donors (Lipinski definition) is 1. The van der Waals surface area contributed by atoms with Gasteiger partial charge < -0.3 is 5.32 Å². The maximum absolute atomic E-state index is 10.8. The molecule has 0 heterocycles. The van der Waals surface area contributed by atoms with Crippen molar-refractivity contribution in [1.29, 1.82) is 0 Å². The zero-order chi connectivity index (χ0) is 22.3. The first-order valence-corrected chi connectivity index (χ1v) is 10.4. The molecular weight excluding hydrogens is 398 g/mol. The molecule has 0 aliphatic heterocycles. The summed E-state index contributed by atoms with van der Waals surface area (Å²) in [6.45, 7) is 2.07. The molecule has 0 radical (unpaired) electrons. The molecule has 0 atom stereocenters. The Balaban J connectivity index is 1.34. The van der Waals surface area contributed by atoms with E-state index >= 15 is 0 Å². The molecule has 4 rings (SSSR count). The minimum atomic E-state index is -0.401. The van der Waals surface area contributed by atoms with Gasteiger partial charge in [-0.15, -0.1) is 0 Å². The highest BCUT2D eigenvalue weighted by Crippen LogP contribution is 2.22. The van der Waals surface area contributed by atoms with Crippen LogP contribution in [0.15, 0.2) is 102 Å². The molecule has 0 unspecified atom stereocenters. The van der Waals surface area contributed by atoms with E-state index in [0.717, 1.165) is 29.0 Å². The van der Waals surface area contributed by atoms with E-state index in [0.29, 0.717) is 0 Å². The quantitative estimate of drug-likeness (QED) is 0.199. The molecule has 0 aromatic heterocycles. The van der Waals surface area contributed by atoms with Crippen molar-refractivity contribution in [2.45, 2.75) is 13.3 Å². The van der Waals surface area contributed by atoms with Crippen molar-refractivity contribution in [2.75, 3.05) is 5.32 Å². The van der Waals surface area contributed by atoms with E-state index in [1.165, 1.54) is 28.8 Å². The van der Waals surface area contributed by atoms with Crippen LogP contribution >= 0.6 is 0 Å². The number of nitro benzene ring substituents is 1. The molecule has 0 bridgehead atoms. The first-order chi connectivity index (χ1) is 15.5. The molecule has 1 N–H and O–H groups in total. The van der Waals surface area contributed by atoms with Crippen molar-refractivity contribution >= 4 is 29.0 Å². The largest absolute Gasteiger partial charge is 0.356 e. The van der Waals surface area contributed by atoms with Crippen molar-refractivity contribution in [3.05, 3.63) is 129 Å². The number of anilines is 2. The monoisotopic (exact) mass is 421 g/mol. The first kappa shape index (κ1) is 21.0. The molecule has 158 valence electrons. The van der Waals surface area contributed by atoms with Gasteiger partial charge in [-0.05, 0) is 66.4 Å². The van der Waals surface area contributed by atoms with E-state index in [4.69, 9.17) is 0 Å². The maximum Gasteiger partial charge on any atom is 0.269 e. The fourth-order valence-electron chi connectivity index (χ4n) is 3.28. The predicted molar refractivity (Wildman–Crippen MR) is 131 cm³/mol. The van der Waals surface area contributed by atoms with Gasteiger partial charge >= 0.3 is 0 Å². The number of benzene rings is 4. The van der Waals surface area contributed by atoms with Gasteiger partial charge in [-0.2, -0.15) is 0 Å². The van der Waals surface area contributed by atoms with Gasteiger partial charge in [0.25, 0.3) is 5.69 Å². The van der Waals surface area contributed by atoms with E-state index in [2.05, 4.69) is 65.8 Å². The second-order valence-corrected chi connectivity index (χ2v) is 7.64. The number of rotatable bonds is 7. The van der Waals surface area contributed by atoms with Crippen LogP contribution in [-0.4, -0.2) is 11.1 Å². The molecule has 0 fully saturated rings. The summed E-state index contributed by atoms with van der Waals surface area (Å²) in [5.74, 6) is 0. The van der Waals surface area contributed by atoms with Crippen molar-refractivity contribution < 1.29 is 4.92 Å². The minimum Gasteiger partial charge on any atom is -0.356 e. The van der Waals surface area contributed by atoms with E-state index < -0.39 is 4.92 Å². The summed E-state index contributed by atoms with van der Waals surface area (Å²) in [5, 5.41) is 14.0. The third-order valence-electron chi connectivity index (χ3n) is 5.11. The molecule has 4 aromatic rings. The predicted octanol–water partition coefficient (Wildman–Crippen LogP) is 6.99. The van der Waals surface area contributed by atoms with Gasteiger partial charge in [0.05, 0.1) is 10.6 Å². The van der Waals surface area contributed by atoms with Crippen LogP contribution in [0.1, 0.15) is 22.3 Å². The summed E-state index contributed by atoms with van der Waals surface area (Å²) in [4.78, 5) is 14.9. The standard InChI is InChI=1S/C27H23N3O2/c1-20-2-4-23(5-3-20)19-28-24-10-6-21(7-11-24)18-22-8-12-25(13-9-22)29-26-14-16-27(17-15-26)30(31)32/h2-17,19,29H,18H2,1H3. The lowest BCUT2D eigenvalue weighted by molar-refractivity contribution is -0.384. The summed E-state index contributed by atoms with van der Waals surface area (Å²) >= 11 is 0. The highest BCUT2D eigenvalue weighted by molar-refractivity contribution is 5.81. The lowest BCUT2D eigenvalue weighted by Crippen LogP contribution is -1.93. The zero-order valence-electron chi connectivity index (χ0n) is 17.7. The number of hydrogen-bond acceptors (Lipinski definition) is 4. The highest BCUT2D eigenvalue weighted by Gasteiger charge is 2.04. The Morgan fingerprint density at radius 1 is 0.781 bits per heavy atom. The van der Waals surface area contributed by atoms with Crippen LogP contribution in [0.3, 0.4) is 0 Å². The summed E-state index contributed by atoms with van der Waals surface area (Å²) < 4.78 is 0. The van der Waals surface area contributed by atoms with E-state index in [1.54, 1.807) is 12.1 Å². The molecule has 4 aromatic carbocycles. The molecule has 0 aliphatic rings. The summed E-state index contributed by atoms with van der Waals surface area (Å²) in [5.41, 5.74) is 7.50. The van der Waals surface area contributed by atoms with Gasteiger partial charge in [0, 0.05) is 29.7 Å². The number of nitro groups is 1. The van der Waals surface area contributed by atoms with Crippen molar-refractivity contribution in [2.24, 2.45) is 4.99 Å². The third kappa shape index (κ3) is 5.67. The topological polar surface area (TPSA) is 67.5 Å². The maximum atomic E-state index is 10.8. The Morgan fingerprint density at radius 3 is 1.88 bits per heavy atom. The van der Waals surface area contributed by atoms with Gasteiger partial charge in [-0.1, -0.05) is 54.1 Å². The molecule has 0 aliphatic carbocycles. The normalized spacial score (nSPS) is 10.9. The van der Waals surface area contributed by atoms with Crippen LogP contribution in [0.25, 0.3) is 0 Å². The fraction of sp³-hybridized carbons (Fsp3) is 0.0741. The van der Waals surface area contributed by atoms with E-state index in [-0.39, 0.29) is 5.69 Å². The van der Waals surface area contributed by atoms with Crippen LogP contribution in [0.5, 0.6) is 0 Å². The Kier molecular flexibility index (Phi) is 6.37. The van der Waals surface area contributed by atoms with E-state index in [9.17, 15) is 10.1 Å². The lowest BCUT2D eigenvalue weighted by atomic mass is 10.0. The van der Waals surface area contributed by atoms with Crippen LogP contribution < -0.4 is 5.32 Å². The van der Waals surface area contributed by atoms with Crippen LogP contribution in [-0.2, 0) is 6.42 Å². The third-order valence-corrected chi connectivity index (χ3v) is 5.11. The molecule has 0 saturated heterocycles. The fourth-order valence-corrected chi connectivity index (χ4v) is 3.28. The average molecular weight is 422 g/mol. The first-order valence-electron chi connectivity index (χ1n) is 10.4. The van der Waals surface area contributed by atoms with Crippen molar-refractivity contribution in [3.63, 3.8) is 0 Å². The van der Waals surface area contributed by atoms with Crippen LogP contribution in [0.2, 0.25) is 0 Å². The Morgan fingerprint density at radius 2 is 1.31 bits per heavy atom. The van der Waals surface area contributed by atoms with Gasteiger partial charge in [-0.25, -0.2) is 0 Å². The smallest absolute Gasteiger partial charge is 0.269 e. The molecule has 0 spiro atoms. The molecule has 5 nitrogen and oxygen atoms in total. The van der Waals surface area contributed by atoms with Crippen LogP contribution in [0, 0.1) is 17.0 Å². The van der Waals surface area contributed by atoms with Gasteiger partial charge in [0.1, 0.15) is 0 Å². The average Bonchev–Trinajstić information content (AvgIpc) is 2.81. The summed E-state index contributed by atoms with van der Waals surface area (Å²) in [6.07, 6.45) is 2.71. The molecular formula is C27H23N3O2. The second kappa shape index (κ2) is 9.71. The Labute approximate surface area is 187 Å². The van der Waals surface area contributed by atoms with Crippen molar-refractivity contribution in [1.82, 2.24) is 0 Å². The SMILES string of the molecule is Cc1ccc(C=Nc2ccc(Cc3ccc(Nc4ccc([N+](=O)[O-])cc4)cc3)cc2)cc1. The van der Waals surface area contributed by atoms with Crippen LogP contribution in [0.4, 0.5) is 22.7 Å². The highest BCUT2D eigenvalue weighted by atomic mass is 16.6. The second-order valence-electron chi connectivity index (χ2n) is 7.64. The number of nitrogens with zero attached hydrogens (tertiary/aromatic N) is 2. The Bertz CT molecular complexity index is 1210. The molecule has 5 heteroatoms. The van der Waals surface area contributed by atoms with Gasteiger partial charge in [0.15, 0.2) is 0 Å². The lowest BCUT2D eigenvalue weighted by Gasteiger charge is -2.08. The van der Waals surface area contributed by atoms with E-state index in [1.807, 2.05) is 30.5 Å². The molecule has 0 amide bonds. The molecule has 32 heavy (non-hydrogen) atoms. The summed E-state index contributed by atoms with van der Waals surface area (Å²) in [7, 11) is 0. The number of aryl methyl sites for hydroxylation is 1. The number of aliphatic imine (C=N–C) groups is 1. The molecule has 0 saturated carbocycles. The number of nitrogens with one attached hydrogen (secondary N) is 1. The Hall–Kier alpha value is -4.25. The zero-order valence-corrected chi connectivity index (χ0v) is 17.7. The number of non-ortho nitro benzene ring substituents is 1. The van der Waals surface area contributed by atoms with Gasteiger partial charge in [0.2, 0.25) is 0 Å².